The van der Waals surface area contributed by atoms with E-state index in [0.29, 0.717) is 16.9 Å². The van der Waals surface area contributed by atoms with Gasteiger partial charge in [-0.1, -0.05) is 18.2 Å². The molecule has 0 aliphatic heterocycles. The van der Waals surface area contributed by atoms with Crippen LogP contribution in [0.2, 0.25) is 0 Å². The number of carboxylic acid groups (broad SMARTS) is 1. The number of carboxylic acids is 1. The lowest BCUT2D eigenvalue weighted by Gasteiger charge is -1.99. The molecule has 94 valence electrons. The highest BCUT2D eigenvalue weighted by atomic mass is 16.4. The molecule has 3 rings (SSSR count). The van der Waals surface area contributed by atoms with Gasteiger partial charge in [-0.3, -0.25) is 4.40 Å². The Balaban J connectivity index is 2.26. The van der Waals surface area contributed by atoms with Gasteiger partial charge in [0.2, 0.25) is 0 Å². The molecule has 0 bridgehead atoms. The quantitative estimate of drug-likeness (QED) is 0.736. The van der Waals surface area contributed by atoms with Crippen molar-refractivity contribution in [3.05, 3.63) is 54.4 Å². The molecule has 5 heteroatoms. The molecular weight excluding hydrogens is 244 g/mol. The van der Waals surface area contributed by atoms with Gasteiger partial charge >= 0.3 is 5.97 Å². The summed E-state index contributed by atoms with van der Waals surface area (Å²) in [6, 6.07) is 11.7. The van der Waals surface area contributed by atoms with E-state index < -0.39 is 5.97 Å². The SMILES string of the molecule is O=C(O)c1cccc2nc(-c3ccccc3O)cn12. The largest absolute Gasteiger partial charge is 0.507 e. The normalized spacial score (nSPS) is 10.7. The zero-order chi connectivity index (χ0) is 13.4. The lowest BCUT2D eigenvalue weighted by Crippen LogP contribution is -2.03. The fraction of sp³-hybridized carbons (Fsp3) is 0. The summed E-state index contributed by atoms with van der Waals surface area (Å²) in [5, 5.41) is 18.9. The maximum Gasteiger partial charge on any atom is 0.352 e. The van der Waals surface area contributed by atoms with E-state index in [1.807, 2.05) is 0 Å². The molecule has 2 aromatic heterocycles. The van der Waals surface area contributed by atoms with Crippen LogP contribution in [0.15, 0.2) is 48.7 Å². The van der Waals surface area contributed by atoms with Crippen LogP contribution >= 0.6 is 0 Å². The van der Waals surface area contributed by atoms with Crippen LogP contribution in [0.1, 0.15) is 10.5 Å². The summed E-state index contributed by atoms with van der Waals surface area (Å²) in [6.07, 6.45) is 1.60. The first-order valence-corrected chi connectivity index (χ1v) is 5.66. The number of hydrogen-bond acceptors (Lipinski definition) is 3. The molecule has 0 unspecified atom stereocenters. The van der Waals surface area contributed by atoms with Gasteiger partial charge < -0.3 is 10.2 Å². The minimum Gasteiger partial charge on any atom is -0.507 e. The minimum atomic E-state index is -1.02. The van der Waals surface area contributed by atoms with E-state index >= 15 is 0 Å². The summed E-state index contributed by atoms with van der Waals surface area (Å²) in [7, 11) is 0. The molecule has 0 spiro atoms. The molecule has 3 aromatic rings. The summed E-state index contributed by atoms with van der Waals surface area (Å²) in [4.78, 5) is 15.5. The van der Waals surface area contributed by atoms with Crippen molar-refractivity contribution in [1.29, 1.82) is 0 Å². The van der Waals surface area contributed by atoms with Crippen molar-refractivity contribution >= 4 is 11.6 Å². The van der Waals surface area contributed by atoms with Crippen molar-refractivity contribution < 1.29 is 15.0 Å². The molecule has 0 aliphatic carbocycles. The second-order valence-electron chi connectivity index (χ2n) is 4.09. The first kappa shape index (κ1) is 11.3. The lowest BCUT2D eigenvalue weighted by atomic mass is 10.1. The number of para-hydroxylation sites is 1. The Morgan fingerprint density at radius 3 is 2.63 bits per heavy atom. The lowest BCUT2D eigenvalue weighted by molar-refractivity contribution is 0.0689. The van der Waals surface area contributed by atoms with Gasteiger partial charge in [-0.15, -0.1) is 0 Å². The summed E-state index contributed by atoms with van der Waals surface area (Å²) in [6.45, 7) is 0. The van der Waals surface area contributed by atoms with Crippen LogP contribution in [0.3, 0.4) is 0 Å². The Morgan fingerprint density at radius 2 is 1.89 bits per heavy atom. The minimum absolute atomic E-state index is 0.114. The Hall–Kier alpha value is -2.82. The topological polar surface area (TPSA) is 74.8 Å². The number of fused-ring (bicyclic) bond motifs is 1. The van der Waals surface area contributed by atoms with Gasteiger partial charge in [-0.25, -0.2) is 9.78 Å². The molecule has 0 amide bonds. The molecule has 0 radical (unpaired) electrons. The first-order valence-electron chi connectivity index (χ1n) is 5.66. The highest BCUT2D eigenvalue weighted by molar-refractivity contribution is 5.87. The Labute approximate surface area is 108 Å². The maximum atomic E-state index is 11.1. The second-order valence-corrected chi connectivity index (χ2v) is 4.09. The van der Waals surface area contributed by atoms with Crippen LogP contribution in [0.25, 0.3) is 16.9 Å². The van der Waals surface area contributed by atoms with E-state index in [1.165, 1.54) is 10.5 Å². The molecule has 5 nitrogen and oxygen atoms in total. The van der Waals surface area contributed by atoms with Gasteiger partial charge in [0.15, 0.2) is 0 Å². The highest BCUT2D eigenvalue weighted by Crippen LogP contribution is 2.28. The number of hydrogen-bond donors (Lipinski definition) is 2. The predicted octanol–water partition coefficient (Wildman–Crippen LogP) is 2.41. The number of benzene rings is 1. The molecule has 0 saturated carbocycles. The molecule has 0 fully saturated rings. The van der Waals surface area contributed by atoms with Crippen molar-refractivity contribution in [1.82, 2.24) is 9.38 Å². The maximum absolute atomic E-state index is 11.1. The predicted molar refractivity (Wildman–Crippen MR) is 69.3 cm³/mol. The van der Waals surface area contributed by atoms with Crippen molar-refractivity contribution in [2.45, 2.75) is 0 Å². The van der Waals surface area contributed by atoms with Gasteiger partial charge in [0.25, 0.3) is 0 Å². The average Bonchev–Trinajstić information content (AvgIpc) is 2.82. The Kier molecular flexibility index (Phi) is 2.45. The monoisotopic (exact) mass is 254 g/mol. The number of aromatic nitrogens is 2. The molecule has 0 atom stereocenters. The Morgan fingerprint density at radius 1 is 1.11 bits per heavy atom. The summed E-state index contributed by atoms with van der Waals surface area (Å²) in [5.41, 5.74) is 1.76. The van der Waals surface area contributed by atoms with E-state index in [9.17, 15) is 9.90 Å². The van der Waals surface area contributed by atoms with Crippen LogP contribution < -0.4 is 0 Å². The molecule has 2 N–H and O–H groups in total. The zero-order valence-electron chi connectivity index (χ0n) is 9.82. The highest BCUT2D eigenvalue weighted by Gasteiger charge is 2.12. The van der Waals surface area contributed by atoms with Gasteiger partial charge in [0, 0.05) is 11.8 Å². The number of rotatable bonds is 2. The van der Waals surface area contributed by atoms with Gasteiger partial charge in [-0.05, 0) is 24.3 Å². The zero-order valence-corrected chi connectivity index (χ0v) is 9.82. The number of aromatic carboxylic acids is 1. The number of aromatic hydroxyl groups is 1. The first-order chi connectivity index (χ1) is 9.16. The van der Waals surface area contributed by atoms with E-state index in [-0.39, 0.29) is 11.4 Å². The van der Waals surface area contributed by atoms with Crippen molar-refractivity contribution in [2.75, 3.05) is 0 Å². The number of phenols is 1. The molecule has 0 saturated heterocycles. The molecule has 19 heavy (non-hydrogen) atoms. The molecular formula is C14H10N2O3. The van der Waals surface area contributed by atoms with Crippen LogP contribution in [-0.4, -0.2) is 25.6 Å². The van der Waals surface area contributed by atoms with Crippen molar-refractivity contribution in [2.24, 2.45) is 0 Å². The third-order valence-electron chi connectivity index (χ3n) is 2.89. The van der Waals surface area contributed by atoms with Crippen LogP contribution in [0.4, 0.5) is 0 Å². The third kappa shape index (κ3) is 1.81. The van der Waals surface area contributed by atoms with E-state index in [0.717, 1.165) is 0 Å². The summed E-state index contributed by atoms with van der Waals surface area (Å²) >= 11 is 0. The van der Waals surface area contributed by atoms with Crippen LogP contribution in [0.5, 0.6) is 5.75 Å². The fourth-order valence-electron chi connectivity index (χ4n) is 2.01. The number of pyridine rings is 1. The average molecular weight is 254 g/mol. The molecule has 0 aliphatic rings. The van der Waals surface area contributed by atoms with Crippen molar-refractivity contribution in [3.63, 3.8) is 0 Å². The van der Waals surface area contributed by atoms with Gasteiger partial charge in [-0.2, -0.15) is 0 Å². The van der Waals surface area contributed by atoms with E-state index in [1.54, 1.807) is 42.6 Å². The van der Waals surface area contributed by atoms with E-state index in [2.05, 4.69) is 4.98 Å². The summed E-state index contributed by atoms with van der Waals surface area (Å²) < 4.78 is 1.49. The third-order valence-corrected chi connectivity index (χ3v) is 2.89. The smallest absolute Gasteiger partial charge is 0.352 e. The fourth-order valence-corrected chi connectivity index (χ4v) is 2.01. The Bertz CT molecular complexity index is 777. The number of imidazole rings is 1. The van der Waals surface area contributed by atoms with Crippen LogP contribution in [-0.2, 0) is 0 Å². The second kappa shape index (κ2) is 4.13. The number of carbonyl (C=O) groups is 1. The van der Waals surface area contributed by atoms with Gasteiger partial charge in [0.1, 0.15) is 17.1 Å². The number of phenolic OH excluding ortho intramolecular Hbond substituents is 1. The molecule has 2 heterocycles. The van der Waals surface area contributed by atoms with E-state index in [4.69, 9.17) is 5.11 Å². The van der Waals surface area contributed by atoms with Crippen LogP contribution in [0, 0.1) is 0 Å². The van der Waals surface area contributed by atoms with Crippen molar-refractivity contribution in [3.8, 4) is 17.0 Å². The van der Waals surface area contributed by atoms with Gasteiger partial charge in [0.05, 0.1) is 5.69 Å². The summed E-state index contributed by atoms with van der Waals surface area (Å²) in [5.74, 6) is -0.908. The standard InChI is InChI=1S/C14H10N2O3/c17-12-6-2-1-4-9(12)10-8-16-11(14(18)19)5-3-7-13(16)15-10/h1-8,17H,(H,18,19). The number of nitrogens with zero attached hydrogens (tertiary/aromatic N) is 2. The molecule has 1 aromatic carbocycles.